The van der Waals surface area contributed by atoms with E-state index < -0.39 is 11.9 Å². The molecule has 1 rings (SSSR count). The van der Waals surface area contributed by atoms with Crippen molar-refractivity contribution in [3.8, 4) is 5.75 Å². The van der Waals surface area contributed by atoms with Crippen molar-refractivity contribution >= 4 is 18.3 Å². The number of carbonyl (C=O) groups is 1. The Morgan fingerprint density at radius 2 is 2.17 bits per heavy atom. The van der Waals surface area contributed by atoms with Gasteiger partial charge < -0.3 is 15.8 Å². The first-order valence-electron chi connectivity index (χ1n) is 5.45. The van der Waals surface area contributed by atoms with Gasteiger partial charge in [0.2, 0.25) is 0 Å². The lowest BCUT2D eigenvalue weighted by molar-refractivity contribution is -0.127. The summed E-state index contributed by atoms with van der Waals surface area (Å²) in [6.45, 7) is 3.76. The molecule has 0 saturated carbocycles. The molecule has 0 heterocycles. The second-order valence-corrected chi connectivity index (χ2v) is 3.86. The summed E-state index contributed by atoms with van der Waals surface area (Å²) in [5.74, 6) is -0.342. The van der Waals surface area contributed by atoms with E-state index in [1.165, 1.54) is 18.2 Å². The second kappa shape index (κ2) is 7.89. The van der Waals surface area contributed by atoms with Gasteiger partial charge in [0.25, 0.3) is 5.91 Å². The van der Waals surface area contributed by atoms with Crippen LogP contribution >= 0.6 is 12.4 Å². The first kappa shape index (κ1) is 16.7. The molecule has 0 aromatic heterocycles. The first-order valence-corrected chi connectivity index (χ1v) is 5.45. The molecule has 1 unspecified atom stereocenters. The van der Waals surface area contributed by atoms with E-state index in [1.807, 2.05) is 0 Å². The number of halogens is 2. The van der Waals surface area contributed by atoms with E-state index in [2.05, 4.69) is 5.32 Å². The van der Waals surface area contributed by atoms with Crippen molar-refractivity contribution in [2.24, 2.45) is 5.73 Å². The normalized spacial score (nSPS) is 13.1. The topological polar surface area (TPSA) is 64.3 Å². The van der Waals surface area contributed by atoms with Crippen LogP contribution in [0.25, 0.3) is 0 Å². The van der Waals surface area contributed by atoms with Crippen LogP contribution in [0.1, 0.15) is 13.8 Å². The van der Waals surface area contributed by atoms with Gasteiger partial charge in [0.1, 0.15) is 11.6 Å². The SMILES string of the molecule is CC(Oc1cccc(F)c1)C(=O)N[C@@H](C)CN.Cl. The molecule has 0 aliphatic carbocycles. The van der Waals surface area contributed by atoms with Crippen LogP contribution in [-0.4, -0.2) is 24.6 Å². The molecule has 18 heavy (non-hydrogen) atoms. The molecule has 0 bridgehead atoms. The highest BCUT2D eigenvalue weighted by Gasteiger charge is 2.16. The number of rotatable bonds is 5. The van der Waals surface area contributed by atoms with Crippen molar-refractivity contribution in [3.05, 3.63) is 30.1 Å². The highest BCUT2D eigenvalue weighted by molar-refractivity contribution is 5.85. The fourth-order valence-electron chi connectivity index (χ4n) is 1.22. The van der Waals surface area contributed by atoms with Crippen molar-refractivity contribution in [1.82, 2.24) is 5.32 Å². The number of amides is 1. The molecule has 6 heteroatoms. The maximum absolute atomic E-state index is 12.9. The van der Waals surface area contributed by atoms with Crippen molar-refractivity contribution in [1.29, 1.82) is 0 Å². The molecule has 3 N–H and O–H groups in total. The summed E-state index contributed by atoms with van der Waals surface area (Å²) in [5.41, 5.74) is 5.39. The van der Waals surface area contributed by atoms with E-state index >= 15 is 0 Å². The Morgan fingerprint density at radius 1 is 1.50 bits per heavy atom. The zero-order valence-electron chi connectivity index (χ0n) is 10.4. The van der Waals surface area contributed by atoms with E-state index in [4.69, 9.17) is 10.5 Å². The van der Waals surface area contributed by atoms with Crippen LogP contribution in [0.2, 0.25) is 0 Å². The number of carbonyl (C=O) groups excluding carboxylic acids is 1. The van der Waals surface area contributed by atoms with E-state index in [1.54, 1.807) is 19.9 Å². The van der Waals surface area contributed by atoms with Gasteiger partial charge in [-0.25, -0.2) is 4.39 Å². The molecule has 4 nitrogen and oxygen atoms in total. The fraction of sp³-hybridized carbons (Fsp3) is 0.417. The monoisotopic (exact) mass is 276 g/mol. The third-order valence-corrected chi connectivity index (χ3v) is 2.22. The maximum atomic E-state index is 12.9. The molecule has 0 fully saturated rings. The Kier molecular flexibility index (Phi) is 7.31. The average molecular weight is 277 g/mol. The summed E-state index contributed by atoms with van der Waals surface area (Å²) in [4.78, 5) is 11.6. The minimum atomic E-state index is -0.689. The van der Waals surface area contributed by atoms with Crippen molar-refractivity contribution in [2.45, 2.75) is 26.0 Å². The molecule has 102 valence electrons. The van der Waals surface area contributed by atoms with Crippen LogP contribution in [0.5, 0.6) is 5.75 Å². The molecule has 0 radical (unpaired) electrons. The summed E-state index contributed by atoms with van der Waals surface area (Å²) in [6.07, 6.45) is -0.689. The summed E-state index contributed by atoms with van der Waals surface area (Å²) in [5, 5.41) is 2.68. The number of hydrogen-bond acceptors (Lipinski definition) is 3. The van der Waals surface area contributed by atoms with E-state index in [9.17, 15) is 9.18 Å². The largest absolute Gasteiger partial charge is 0.481 e. The summed E-state index contributed by atoms with van der Waals surface area (Å²) in [6, 6.07) is 5.56. The lowest BCUT2D eigenvalue weighted by atomic mass is 10.3. The number of benzene rings is 1. The molecule has 0 spiro atoms. The highest BCUT2D eigenvalue weighted by Crippen LogP contribution is 2.13. The number of hydrogen-bond donors (Lipinski definition) is 2. The maximum Gasteiger partial charge on any atom is 0.261 e. The van der Waals surface area contributed by atoms with E-state index in [0.717, 1.165) is 0 Å². The lowest BCUT2D eigenvalue weighted by Crippen LogP contribution is -2.44. The van der Waals surface area contributed by atoms with Crippen LogP contribution in [0.15, 0.2) is 24.3 Å². The van der Waals surface area contributed by atoms with Crippen LogP contribution in [0, 0.1) is 5.82 Å². The van der Waals surface area contributed by atoms with Gasteiger partial charge in [-0.1, -0.05) is 6.07 Å². The van der Waals surface area contributed by atoms with Crippen LogP contribution < -0.4 is 15.8 Å². The third kappa shape index (κ3) is 5.33. The predicted molar refractivity (Wildman–Crippen MR) is 70.4 cm³/mol. The number of nitrogens with two attached hydrogens (primary N) is 1. The summed E-state index contributed by atoms with van der Waals surface area (Å²) < 4.78 is 18.2. The zero-order chi connectivity index (χ0) is 12.8. The standard InChI is InChI=1S/C12H17FN2O2.ClH/c1-8(7-14)15-12(16)9(2)17-11-5-3-4-10(13)6-11;/h3-6,8-9H,7,14H2,1-2H3,(H,15,16);1H/t8-,9?;/m0./s1. The molecule has 2 atom stereocenters. The Bertz CT molecular complexity index is 390. The molecule has 1 aromatic carbocycles. The lowest BCUT2D eigenvalue weighted by Gasteiger charge is -2.17. The second-order valence-electron chi connectivity index (χ2n) is 3.86. The molecule has 0 aliphatic rings. The van der Waals surface area contributed by atoms with Gasteiger partial charge in [0.15, 0.2) is 6.10 Å². The van der Waals surface area contributed by atoms with Gasteiger partial charge in [-0.3, -0.25) is 4.79 Å². The fourth-order valence-corrected chi connectivity index (χ4v) is 1.22. The van der Waals surface area contributed by atoms with Gasteiger partial charge in [0, 0.05) is 18.7 Å². The van der Waals surface area contributed by atoms with Crippen molar-refractivity contribution < 1.29 is 13.9 Å². The van der Waals surface area contributed by atoms with Gasteiger partial charge in [-0.2, -0.15) is 0 Å². The minimum absolute atomic E-state index is 0. The molecule has 1 amide bonds. The van der Waals surface area contributed by atoms with Crippen molar-refractivity contribution in [2.75, 3.05) is 6.54 Å². The first-order chi connectivity index (χ1) is 8.02. The van der Waals surface area contributed by atoms with E-state index in [0.29, 0.717) is 12.3 Å². The molecule has 0 saturated heterocycles. The molecule has 1 aromatic rings. The average Bonchev–Trinajstić information content (AvgIpc) is 2.28. The smallest absolute Gasteiger partial charge is 0.261 e. The third-order valence-electron chi connectivity index (χ3n) is 2.22. The molecular formula is C12H18ClFN2O2. The van der Waals surface area contributed by atoms with Gasteiger partial charge >= 0.3 is 0 Å². The van der Waals surface area contributed by atoms with E-state index in [-0.39, 0.29) is 24.4 Å². The minimum Gasteiger partial charge on any atom is -0.481 e. The van der Waals surface area contributed by atoms with Crippen LogP contribution in [0.3, 0.4) is 0 Å². The van der Waals surface area contributed by atoms with Gasteiger partial charge in [0.05, 0.1) is 0 Å². The Hall–Kier alpha value is -1.33. The van der Waals surface area contributed by atoms with Gasteiger partial charge in [-0.05, 0) is 26.0 Å². The zero-order valence-corrected chi connectivity index (χ0v) is 11.2. The Balaban J connectivity index is 0.00000289. The predicted octanol–water partition coefficient (Wildman–Crippen LogP) is 1.48. The molecule has 0 aliphatic heterocycles. The summed E-state index contributed by atoms with van der Waals surface area (Å²) >= 11 is 0. The Morgan fingerprint density at radius 3 is 2.72 bits per heavy atom. The number of nitrogens with one attached hydrogen (secondary N) is 1. The Labute approximate surface area is 112 Å². The number of ether oxygens (including phenoxy) is 1. The molecular weight excluding hydrogens is 259 g/mol. The quantitative estimate of drug-likeness (QED) is 0.856. The highest BCUT2D eigenvalue weighted by atomic mass is 35.5. The van der Waals surface area contributed by atoms with Gasteiger partial charge in [-0.15, -0.1) is 12.4 Å². The van der Waals surface area contributed by atoms with Crippen LogP contribution in [0.4, 0.5) is 4.39 Å². The van der Waals surface area contributed by atoms with Crippen LogP contribution in [-0.2, 0) is 4.79 Å². The van der Waals surface area contributed by atoms with Crippen molar-refractivity contribution in [3.63, 3.8) is 0 Å². The summed E-state index contributed by atoms with van der Waals surface area (Å²) in [7, 11) is 0.